The van der Waals surface area contributed by atoms with Crippen molar-refractivity contribution < 1.29 is 4.79 Å². The molecule has 128 valence electrons. The summed E-state index contributed by atoms with van der Waals surface area (Å²) in [6, 6.07) is 0.424. The predicted octanol–water partition coefficient (Wildman–Crippen LogP) is 0.950. The van der Waals surface area contributed by atoms with Crippen molar-refractivity contribution in [1.82, 2.24) is 24.7 Å². The SMILES string of the molecule is O=C(CN1CCN(CCn2ccnc2)CC1)NC1CCCCC1. The zero-order valence-corrected chi connectivity index (χ0v) is 14.0. The monoisotopic (exact) mass is 319 g/mol. The zero-order valence-electron chi connectivity index (χ0n) is 14.0. The van der Waals surface area contributed by atoms with Crippen LogP contribution in [-0.2, 0) is 11.3 Å². The predicted molar refractivity (Wildman–Crippen MR) is 90.1 cm³/mol. The number of nitrogens with one attached hydrogen (secondary N) is 1. The molecule has 1 amide bonds. The molecule has 1 saturated carbocycles. The molecule has 1 N–H and O–H groups in total. The summed E-state index contributed by atoms with van der Waals surface area (Å²) in [5, 5.41) is 3.22. The van der Waals surface area contributed by atoms with Gasteiger partial charge in [0, 0.05) is 57.7 Å². The van der Waals surface area contributed by atoms with Crippen LogP contribution >= 0.6 is 0 Å². The maximum atomic E-state index is 12.2. The molecule has 0 atom stereocenters. The Morgan fingerprint density at radius 3 is 2.48 bits per heavy atom. The fraction of sp³-hybridized carbons (Fsp3) is 0.765. The Bertz CT molecular complexity index is 461. The second-order valence-electron chi connectivity index (χ2n) is 6.82. The largest absolute Gasteiger partial charge is 0.352 e. The number of hydrogen-bond donors (Lipinski definition) is 1. The van der Waals surface area contributed by atoms with E-state index in [-0.39, 0.29) is 5.91 Å². The maximum Gasteiger partial charge on any atom is 0.234 e. The van der Waals surface area contributed by atoms with Crippen LogP contribution in [0.1, 0.15) is 32.1 Å². The fourth-order valence-electron chi connectivity index (χ4n) is 3.57. The first-order valence-electron chi connectivity index (χ1n) is 8.99. The first kappa shape index (κ1) is 16.5. The Balaban J connectivity index is 1.31. The quantitative estimate of drug-likeness (QED) is 0.848. The molecule has 23 heavy (non-hydrogen) atoms. The summed E-state index contributed by atoms with van der Waals surface area (Å²) in [4.78, 5) is 21.0. The molecule has 1 aliphatic heterocycles. The van der Waals surface area contributed by atoms with Crippen molar-refractivity contribution >= 4 is 5.91 Å². The standard InChI is InChI=1S/C17H29N5O/c23-17(19-16-4-2-1-3-5-16)14-21-11-8-20(9-12-21)10-13-22-7-6-18-15-22/h6-7,15-16H,1-5,8-14H2,(H,19,23). The average molecular weight is 319 g/mol. The second kappa shape index (κ2) is 8.45. The lowest BCUT2D eigenvalue weighted by atomic mass is 9.95. The Labute approximate surface area is 138 Å². The molecular formula is C17H29N5O. The number of hydrogen-bond acceptors (Lipinski definition) is 4. The number of piperazine rings is 1. The number of nitrogens with zero attached hydrogens (tertiary/aromatic N) is 4. The summed E-state index contributed by atoms with van der Waals surface area (Å²) in [6.45, 7) is 6.67. The highest BCUT2D eigenvalue weighted by molar-refractivity contribution is 5.78. The lowest BCUT2D eigenvalue weighted by Gasteiger charge is -2.34. The molecule has 6 nitrogen and oxygen atoms in total. The van der Waals surface area contributed by atoms with Crippen molar-refractivity contribution in [2.45, 2.75) is 44.7 Å². The van der Waals surface area contributed by atoms with Gasteiger partial charge in [-0.15, -0.1) is 0 Å². The van der Waals surface area contributed by atoms with Gasteiger partial charge < -0.3 is 9.88 Å². The van der Waals surface area contributed by atoms with E-state index in [2.05, 4.69) is 24.7 Å². The van der Waals surface area contributed by atoms with Crippen LogP contribution in [0.15, 0.2) is 18.7 Å². The van der Waals surface area contributed by atoms with E-state index in [1.807, 2.05) is 18.7 Å². The molecular weight excluding hydrogens is 290 g/mol. The minimum absolute atomic E-state index is 0.212. The number of imidazole rings is 1. The molecule has 0 aromatic carbocycles. The Morgan fingerprint density at radius 2 is 1.78 bits per heavy atom. The van der Waals surface area contributed by atoms with Crippen LogP contribution in [0.5, 0.6) is 0 Å². The molecule has 0 spiro atoms. The fourth-order valence-corrected chi connectivity index (χ4v) is 3.57. The van der Waals surface area contributed by atoms with Crippen molar-refractivity contribution in [3.63, 3.8) is 0 Å². The number of aromatic nitrogens is 2. The third-order valence-electron chi connectivity index (χ3n) is 5.04. The van der Waals surface area contributed by atoms with Crippen molar-refractivity contribution in [2.24, 2.45) is 0 Å². The summed E-state index contributed by atoms with van der Waals surface area (Å²) >= 11 is 0. The Morgan fingerprint density at radius 1 is 1.04 bits per heavy atom. The topological polar surface area (TPSA) is 53.4 Å². The van der Waals surface area contributed by atoms with Crippen LogP contribution in [0.2, 0.25) is 0 Å². The van der Waals surface area contributed by atoms with E-state index >= 15 is 0 Å². The first-order chi connectivity index (χ1) is 11.3. The van der Waals surface area contributed by atoms with Gasteiger partial charge in [-0.2, -0.15) is 0 Å². The van der Waals surface area contributed by atoms with Gasteiger partial charge in [0.2, 0.25) is 5.91 Å². The number of carbonyl (C=O) groups excluding carboxylic acids is 1. The zero-order chi connectivity index (χ0) is 15.9. The van der Waals surface area contributed by atoms with E-state index in [0.717, 1.165) is 52.1 Å². The van der Waals surface area contributed by atoms with Crippen molar-refractivity contribution in [1.29, 1.82) is 0 Å². The lowest BCUT2D eigenvalue weighted by Crippen LogP contribution is -2.51. The van der Waals surface area contributed by atoms with Gasteiger partial charge in [-0.25, -0.2) is 4.98 Å². The van der Waals surface area contributed by atoms with Gasteiger partial charge in [0.1, 0.15) is 0 Å². The molecule has 1 aliphatic carbocycles. The Hall–Kier alpha value is -1.40. The smallest absolute Gasteiger partial charge is 0.234 e. The van der Waals surface area contributed by atoms with E-state index in [9.17, 15) is 4.79 Å². The molecule has 3 rings (SSSR count). The summed E-state index contributed by atoms with van der Waals surface area (Å²) in [5.41, 5.74) is 0. The van der Waals surface area contributed by atoms with Crippen molar-refractivity contribution in [2.75, 3.05) is 39.3 Å². The van der Waals surface area contributed by atoms with Gasteiger partial charge in [-0.3, -0.25) is 14.6 Å². The van der Waals surface area contributed by atoms with Crippen LogP contribution in [-0.4, -0.2) is 70.6 Å². The van der Waals surface area contributed by atoms with Crippen LogP contribution < -0.4 is 5.32 Å². The van der Waals surface area contributed by atoms with Crippen LogP contribution in [0.4, 0.5) is 0 Å². The van der Waals surface area contributed by atoms with Gasteiger partial charge in [-0.1, -0.05) is 19.3 Å². The number of carbonyl (C=O) groups is 1. The van der Waals surface area contributed by atoms with E-state index < -0.39 is 0 Å². The van der Waals surface area contributed by atoms with Crippen LogP contribution in [0, 0.1) is 0 Å². The summed E-state index contributed by atoms with van der Waals surface area (Å²) < 4.78 is 2.12. The van der Waals surface area contributed by atoms with Gasteiger partial charge >= 0.3 is 0 Å². The number of rotatable bonds is 6. The van der Waals surface area contributed by atoms with E-state index in [0.29, 0.717) is 12.6 Å². The summed E-state index contributed by atoms with van der Waals surface area (Å²) in [6.07, 6.45) is 11.9. The van der Waals surface area contributed by atoms with Gasteiger partial charge in [0.15, 0.2) is 0 Å². The molecule has 2 heterocycles. The average Bonchev–Trinajstić information content (AvgIpc) is 3.08. The minimum Gasteiger partial charge on any atom is -0.352 e. The minimum atomic E-state index is 0.212. The highest BCUT2D eigenvalue weighted by Crippen LogP contribution is 2.17. The third kappa shape index (κ3) is 5.32. The van der Waals surface area contributed by atoms with Gasteiger partial charge in [0.05, 0.1) is 12.9 Å². The van der Waals surface area contributed by atoms with Gasteiger partial charge in [-0.05, 0) is 12.8 Å². The molecule has 0 bridgehead atoms. The molecule has 1 aromatic heterocycles. The van der Waals surface area contributed by atoms with Crippen molar-refractivity contribution in [3.05, 3.63) is 18.7 Å². The van der Waals surface area contributed by atoms with Crippen LogP contribution in [0.3, 0.4) is 0 Å². The number of amides is 1. The molecule has 2 aliphatic rings. The third-order valence-corrected chi connectivity index (χ3v) is 5.04. The maximum absolute atomic E-state index is 12.2. The highest BCUT2D eigenvalue weighted by atomic mass is 16.2. The van der Waals surface area contributed by atoms with Crippen LogP contribution in [0.25, 0.3) is 0 Å². The molecule has 1 saturated heterocycles. The summed E-state index contributed by atoms with van der Waals surface area (Å²) in [5.74, 6) is 0.212. The van der Waals surface area contributed by atoms with E-state index in [1.54, 1.807) is 0 Å². The normalized spacial score (nSPS) is 21.4. The second-order valence-corrected chi connectivity index (χ2v) is 6.82. The highest BCUT2D eigenvalue weighted by Gasteiger charge is 2.21. The first-order valence-corrected chi connectivity index (χ1v) is 8.99. The molecule has 0 unspecified atom stereocenters. The molecule has 6 heteroatoms. The summed E-state index contributed by atoms with van der Waals surface area (Å²) in [7, 11) is 0. The van der Waals surface area contributed by atoms with Crippen molar-refractivity contribution in [3.8, 4) is 0 Å². The molecule has 0 radical (unpaired) electrons. The van der Waals surface area contributed by atoms with E-state index in [1.165, 1.54) is 19.3 Å². The lowest BCUT2D eigenvalue weighted by molar-refractivity contribution is -0.123. The van der Waals surface area contributed by atoms with E-state index in [4.69, 9.17) is 0 Å². The molecule has 1 aromatic rings. The Kier molecular flexibility index (Phi) is 6.05. The molecule has 2 fully saturated rings. The van der Waals surface area contributed by atoms with Gasteiger partial charge in [0.25, 0.3) is 0 Å².